The number of nitrogens with zero attached hydrogens (tertiary/aromatic N) is 3. The Morgan fingerprint density at radius 2 is 1.93 bits per heavy atom. The van der Waals surface area contributed by atoms with E-state index in [4.69, 9.17) is 23.2 Å². The van der Waals surface area contributed by atoms with Gasteiger partial charge >= 0.3 is 11.8 Å². The van der Waals surface area contributed by atoms with Gasteiger partial charge in [0.25, 0.3) is 0 Å². The van der Waals surface area contributed by atoms with Crippen LogP contribution in [0.1, 0.15) is 22.6 Å². The van der Waals surface area contributed by atoms with Crippen LogP contribution in [0.3, 0.4) is 0 Å². The minimum atomic E-state index is -0.867. The average molecular weight is 444 g/mol. The van der Waals surface area contributed by atoms with E-state index in [0.717, 1.165) is 22.6 Å². The molecule has 0 saturated carbocycles. The molecule has 0 aliphatic carbocycles. The molecule has 0 spiro atoms. The summed E-state index contributed by atoms with van der Waals surface area (Å²) in [4.78, 5) is 27.9. The molecule has 0 saturated heterocycles. The molecule has 2 aromatic heterocycles. The standard InChI is InChI=1S/C21H19Cl2N5O2/c1-13-9-15(14(2)28(13)19-10-16(22)6-7-18(19)23)11-26-27-21(30)20(29)25-12-17-5-3-4-8-24-17/h3-11H,12H2,1-2H3,(H,25,29)(H,27,30)/b26-11-. The summed E-state index contributed by atoms with van der Waals surface area (Å²) < 4.78 is 1.94. The quantitative estimate of drug-likeness (QED) is 0.358. The van der Waals surface area contributed by atoms with E-state index in [1.54, 1.807) is 42.6 Å². The first-order valence-corrected chi connectivity index (χ1v) is 9.78. The van der Waals surface area contributed by atoms with Crippen LogP contribution in [0.25, 0.3) is 5.69 Å². The van der Waals surface area contributed by atoms with Gasteiger partial charge in [0.15, 0.2) is 0 Å². The normalized spacial score (nSPS) is 10.9. The minimum absolute atomic E-state index is 0.151. The number of hydrazone groups is 1. The molecule has 30 heavy (non-hydrogen) atoms. The van der Waals surface area contributed by atoms with E-state index >= 15 is 0 Å². The first-order chi connectivity index (χ1) is 14.4. The number of hydrogen-bond donors (Lipinski definition) is 2. The number of aromatic nitrogens is 2. The highest BCUT2D eigenvalue weighted by Gasteiger charge is 2.14. The van der Waals surface area contributed by atoms with E-state index < -0.39 is 11.8 Å². The maximum absolute atomic E-state index is 11.9. The summed E-state index contributed by atoms with van der Waals surface area (Å²) in [6.45, 7) is 3.97. The molecule has 2 amide bonds. The maximum atomic E-state index is 11.9. The van der Waals surface area contributed by atoms with Crippen molar-refractivity contribution in [1.82, 2.24) is 20.3 Å². The molecule has 9 heteroatoms. The lowest BCUT2D eigenvalue weighted by Gasteiger charge is -2.12. The Labute approximate surface area is 183 Å². The van der Waals surface area contributed by atoms with E-state index in [-0.39, 0.29) is 6.54 Å². The highest BCUT2D eigenvalue weighted by atomic mass is 35.5. The van der Waals surface area contributed by atoms with Crippen LogP contribution >= 0.6 is 23.2 Å². The van der Waals surface area contributed by atoms with Crippen LogP contribution in [-0.4, -0.2) is 27.6 Å². The number of nitrogens with one attached hydrogen (secondary N) is 2. The predicted molar refractivity (Wildman–Crippen MR) is 117 cm³/mol. The van der Waals surface area contributed by atoms with E-state index in [2.05, 4.69) is 20.8 Å². The Morgan fingerprint density at radius 3 is 2.67 bits per heavy atom. The fourth-order valence-electron chi connectivity index (χ4n) is 2.91. The second kappa shape index (κ2) is 9.56. The van der Waals surface area contributed by atoms with Crippen molar-refractivity contribution in [2.45, 2.75) is 20.4 Å². The SMILES string of the molecule is Cc1cc(/C=N\NC(=O)C(=O)NCc2ccccn2)c(C)n1-c1cc(Cl)ccc1Cl. The largest absolute Gasteiger partial charge is 0.342 e. The molecular formula is C21H19Cl2N5O2. The Morgan fingerprint density at radius 1 is 1.13 bits per heavy atom. The van der Waals surface area contributed by atoms with Crippen LogP contribution in [0.4, 0.5) is 0 Å². The fourth-order valence-corrected chi connectivity index (χ4v) is 3.28. The lowest BCUT2D eigenvalue weighted by atomic mass is 10.2. The van der Waals surface area contributed by atoms with Gasteiger partial charge in [0.1, 0.15) is 0 Å². The summed E-state index contributed by atoms with van der Waals surface area (Å²) >= 11 is 12.4. The van der Waals surface area contributed by atoms with Gasteiger partial charge in [0, 0.05) is 28.2 Å². The monoisotopic (exact) mass is 443 g/mol. The summed E-state index contributed by atoms with van der Waals surface area (Å²) in [5.41, 5.74) is 6.15. The maximum Gasteiger partial charge on any atom is 0.329 e. The Hall–Kier alpha value is -3.16. The van der Waals surface area contributed by atoms with Crippen molar-refractivity contribution in [3.63, 3.8) is 0 Å². The van der Waals surface area contributed by atoms with Gasteiger partial charge in [-0.1, -0.05) is 29.3 Å². The number of pyridine rings is 1. The second-order valence-corrected chi connectivity index (χ2v) is 7.30. The molecule has 0 atom stereocenters. The van der Waals surface area contributed by atoms with Crippen molar-refractivity contribution in [2.75, 3.05) is 0 Å². The molecule has 0 radical (unpaired) electrons. The third-order valence-corrected chi connectivity index (χ3v) is 4.91. The van der Waals surface area contributed by atoms with Crippen molar-refractivity contribution in [2.24, 2.45) is 5.10 Å². The van der Waals surface area contributed by atoms with Gasteiger partial charge in [-0.05, 0) is 50.2 Å². The summed E-state index contributed by atoms with van der Waals surface area (Å²) in [7, 11) is 0. The van der Waals surface area contributed by atoms with Crippen LogP contribution < -0.4 is 10.7 Å². The highest BCUT2D eigenvalue weighted by Crippen LogP contribution is 2.28. The van der Waals surface area contributed by atoms with Gasteiger partial charge in [-0.25, -0.2) is 5.43 Å². The molecule has 0 unspecified atom stereocenters. The molecule has 0 aliphatic rings. The first kappa shape index (κ1) is 21.5. The topological polar surface area (TPSA) is 88.4 Å². The van der Waals surface area contributed by atoms with Gasteiger partial charge in [-0.3, -0.25) is 14.6 Å². The molecule has 7 nitrogen and oxygen atoms in total. The summed E-state index contributed by atoms with van der Waals surface area (Å²) in [6.07, 6.45) is 3.08. The molecule has 2 heterocycles. The number of rotatable bonds is 5. The molecule has 0 fully saturated rings. The second-order valence-electron chi connectivity index (χ2n) is 6.46. The van der Waals surface area contributed by atoms with E-state index in [0.29, 0.717) is 15.7 Å². The molecule has 0 bridgehead atoms. The number of carbonyl (C=O) groups excluding carboxylic acids is 2. The molecular weight excluding hydrogens is 425 g/mol. The van der Waals surface area contributed by atoms with Crippen LogP contribution in [0.15, 0.2) is 53.8 Å². The third kappa shape index (κ3) is 5.06. The average Bonchev–Trinajstić information content (AvgIpc) is 3.01. The Kier molecular flexibility index (Phi) is 6.87. The molecule has 3 aromatic rings. The van der Waals surface area contributed by atoms with Crippen LogP contribution in [0.5, 0.6) is 0 Å². The number of carbonyl (C=O) groups is 2. The number of benzene rings is 1. The summed E-state index contributed by atoms with van der Waals surface area (Å²) in [6, 6.07) is 12.4. The molecule has 3 rings (SSSR count). The molecule has 1 aromatic carbocycles. The molecule has 0 aliphatic heterocycles. The summed E-state index contributed by atoms with van der Waals surface area (Å²) in [5, 5.41) is 7.51. The first-order valence-electron chi connectivity index (χ1n) is 9.02. The lowest BCUT2D eigenvalue weighted by molar-refractivity contribution is -0.139. The summed E-state index contributed by atoms with van der Waals surface area (Å²) in [5.74, 6) is -1.66. The number of hydrogen-bond acceptors (Lipinski definition) is 4. The zero-order valence-electron chi connectivity index (χ0n) is 16.3. The highest BCUT2D eigenvalue weighted by molar-refractivity contribution is 6.35. The number of amides is 2. The van der Waals surface area contributed by atoms with E-state index in [9.17, 15) is 9.59 Å². The third-order valence-electron chi connectivity index (χ3n) is 4.35. The van der Waals surface area contributed by atoms with Crippen molar-refractivity contribution in [3.8, 4) is 5.69 Å². The van der Waals surface area contributed by atoms with Gasteiger partial charge < -0.3 is 9.88 Å². The van der Waals surface area contributed by atoms with E-state index in [1.807, 2.05) is 24.5 Å². The zero-order valence-corrected chi connectivity index (χ0v) is 17.8. The molecule has 154 valence electrons. The van der Waals surface area contributed by atoms with Crippen molar-refractivity contribution in [3.05, 3.63) is 81.4 Å². The van der Waals surface area contributed by atoms with Gasteiger partial charge in [-0.2, -0.15) is 5.10 Å². The van der Waals surface area contributed by atoms with Crippen LogP contribution in [-0.2, 0) is 16.1 Å². The zero-order chi connectivity index (χ0) is 21.7. The number of halogens is 2. The van der Waals surface area contributed by atoms with Crippen molar-refractivity contribution < 1.29 is 9.59 Å². The van der Waals surface area contributed by atoms with Crippen LogP contribution in [0.2, 0.25) is 10.0 Å². The molecule has 2 N–H and O–H groups in total. The minimum Gasteiger partial charge on any atom is -0.342 e. The van der Waals surface area contributed by atoms with Crippen LogP contribution in [0, 0.1) is 13.8 Å². The van der Waals surface area contributed by atoms with Gasteiger partial charge in [0.05, 0.1) is 29.2 Å². The smallest absolute Gasteiger partial charge is 0.329 e. The number of aryl methyl sites for hydroxylation is 1. The van der Waals surface area contributed by atoms with Crippen molar-refractivity contribution in [1.29, 1.82) is 0 Å². The van der Waals surface area contributed by atoms with Gasteiger partial charge in [0.2, 0.25) is 0 Å². The lowest BCUT2D eigenvalue weighted by Crippen LogP contribution is -2.37. The van der Waals surface area contributed by atoms with Gasteiger partial charge in [-0.15, -0.1) is 0 Å². The Balaban J connectivity index is 1.66. The Bertz CT molecular complexity index is 1110. The van der Waals surface area contributed by atoms with E-state index in [1.165, 1.54) is 6.21 Å². The fraction of sp³-hybridized carbons (Fsp3) is 0.143. The van der Waals surface area contributed by atoms with Crippen molar-refractivity contribution >= 4 is 41.2 Å². The predicted octanol–water partition coefficient (Wildman–Crippen LogP) is 3.56.